The molecule has 1 heterocycles. The van der Waals surface area contributed by atoms with E-state index in [1.807, 2.05) is 42.5 Å². The highest BCUT2D eigenvalue weighted by atomic mass is 16.6. The van der Waals surface area contributed by atoms with E-state index in [0.29, 0.717) is 22.8 Å². The number of rotatable bonds is 4. The average molecular weight is 398 g/mol. The second-order valence-electron chi connectivity index (χ2n) is 7.04. The van der Waals surface area contributed by atoms with Gasteiger partial charge in [-0.1, -0.05) is 54.6 Å². The standard InChI is InChI=1S/C25H18O5/c26-25(27)24-23(29-21-7-3-4-8-22(21)30-24)17-10-12-19(13-11-17)28-20-14-9-16-5-1-2-6-18(16)15-20/h1-15,23-24H,(H,26,27). The van der Waals surface area contributed by atoms with Crippen molar-refractivity contribution in [2.75, 3.05) is 0 Å². The number of hydrogen-bond acceptors (Lipinski definition) is 4. The summed E-state index contributed by atoms with van der Waals surface area (Å²) in [6.45, 7) is 0. The molecule has 0 amide bonds. The van der Waals surface area contributed by atoms with Gasteiger partial charge in [0.2, 0.25) is 6.10 Å². The minimum atomic E-state index is -1.13. The van der Waals surface area contributed by atoms with Crippen molar-refractivity contribution in [1.29, 1.82) is 0 Å². The number of carboxylic acid groups (broad SMARTS) is 1. The molecule has 148 valence electrons. The van der Waals surface area contributed by atoms with E-state index >= 15 is 0 Å². The van der Waals surface area contributed by atoms with Gasteiger partial charge in [0.1, 0.15) is 11.5 Å². The minimum Gasteiger partial charge on any atom is -0.478 e. The van der Waals surface area contributed by atoms with Gasteiger partial charge in [0, 0.05) is 0 Å². The van der Waals surface area contributed by atoms with Gasteiger partial charge < -0.3 is 19.3 Å². The summed E-state index contributed by atoms with van der Waals surface area (Å²) < 4.78 is 17.6. The normalized spacial score (nSPS) is 17.5. The highest BCUT2D eigenvalue weighted by molar-refractivity contribution is 5.83. The molecule has 0 aromatic heterocycles. The number of aliphatic carboxylic acids is 1. The maximum atomic E-state index is 11.7. The Morgan fingerprint density at radius 3 is 2.10 bits per heavy atom. The van der Waals surface area contributed by atoms with E-state index < -0.39 is 18.2 Å². The van der Waals surface area contributed by atoms with Gasteiger partial charge in [0.25, 0.3) is 0 Å². The number of fused-ring (bicyclic) bond motifs is 2. The molecule has 0 saturated heterocycles. The van der Waals surface area contributed by atoms with Gasteiger partial charge in [0.05, 0.1) is 0 Å². The molecule has 5 rings (SSSR count). The van der Waals surface area contributed by atoms with Crippen LogP contribution in [0.25, 0.3) is 10.8 Å². The van der Waals surface area contributed by atoms with Crippen LogP contribution in [-0.2, 0) is 4.79 Å². The van der Waals surface area contributed by atoms with Crippen LogP contribution in [0.15, 0.2) is 91.0 Å². The van der Waals surface area contributed by atoms with Crippen molar-refractivity contribution in [3.63, 3.8) is 0 Å². The van der Waals surface area contributed by atoms with Crippen molar-refractivity contribution in [2.45, 2.75) is 12.2 Å². The predicted octanol–water partition coefficient (Wildman–Crippen LogP) is 5.60. The fourth-order valence-corrected chi connectivity index (χ4v) is 3.56. The lowest BCUT2D eigenvalue weighted by Gasteiger charge is -2.31. The first-order chi connectivity index (χ1) is 14.7. The van der Waals surface area contributed by atoms with Gasteiger partial charge in [0.15, 0.2) is 17.6 Å². The smallest absolute Gasteiger partial charge is 0.349 e. The SMILES string of the molecule is O=C(O)C1Oc2ccccc2OC1c1ccc(Oc2ccc3ccccc3c2)cc1. The van der Waals surface area contributed by atoms with E-state index in [2.05, 4.69) is 6.07 Å². The molecule has 4 aromatic carbocycles. The summed E-state index contributed by atoms with van der Waals surface area (Å²) in [7, 11) is 0. The minimum absolute atomic E-state index is 0.428. The summed E-state index contributed by atoms with van der Waals surface area (Å²) in [4.78, 5) is 11.7. The van der Waals surface area contributed by atoms with Crippen LogP contribution in [0.1, 0.15) is 11.7 Å². The predicted molar refractivity (Wildman–Crippen MR) is 112 cm³/mol. The van der Waals surface area contributed by atoms with E-state index in [4.69, 9.17) is 14.2 Å². The Morgan fingerprint density at radius 2 is 1.37 bits per heavy atom. The van der Waals surface area contributed by atoms with Crippen LogP contribution in [0, 0.1) is 0 Å². The third kappa shape index (κ3) is 3.42. The second-order valence-corrected chi connectivity index (χ2v) is 7.04. The van der Waals surface area contributed by atoms with E-state index in [0.717, 1.165) is 16.5 Å². The average Bonchev–Trinajstić information content (AvgIpc) is 2.78. The molecular weight excluding hydrogens is 380 g/mol. The quantitative estimate of drug-likeness (QED) is 0.485. The van der Waals surface area contributed by atoms with Gasteiger partial charge in [-0.15, -0.1) is 0 Å². The lowest BCUT2D eigenvalue weighted by atomic mass is 10.0. The lowest BCUT2D eigenvalue weighted by molar-refractivity contribution is -0.151. The first kappa shape index (κ1) is 18.1. The maximum absolute atomic E-state index is 11.7. The summed E-state index contributed by atoms with van der Waals surface area (Å²) in [5, 5.41) is 11.8. The van der Waals surface area contributed by atoms with Gasteiger partial charge in [-0.3, -0.25) is 0 Å². The van der Waals surface area contributed by atoms with Crippen LogP contribution in [-0.4, -0.2) is 17.2 Å². The Labute approximate surface area is 173 Å². The van der Waals surface area contributed by atoms with Crippen LogP contribution < -0.4 is 14.2 Å². The number of para-hydroxylation sites is 2. The molecule has 0 radical (unpaired) electrons. The highest BCUT2D eigenvalue weighted by Crippen LogP contribution is 2.39. The summed E-state index contributed by atoms with van der Waals surface area (Å²) in [6.07, 6.45) is -1.89. The van der Waals surface area contributed by atoms with E-state index in [9.17, 15) is 9.90 Å². The Hall–Kier alpha value is -3.99. The van der Waals surface area contributed by atoms with Crippen LogP contribution >= 0.6 is 0 Å². The zero-order chi connectivity index (χ0) is 20.5. The Morgan fingerprint density at radius 1 is 0.733 bits per heavy atom. The number of benzene rings is 4. The Bertz CT molecular complexity index is 1220. The van der Waals surface area contributed by atoms with Crippen LogP contribution in [0.4, 0.5) is 0 Å². The third-order valence-electron chi connectivity index (χ3n) is 5.04. The molecule has 1 aliphatic heterocycles. The fraction of sp³-hybridized carbons (Fsp3) is 0.0800. The molecular formula is C25H18O5. The van der Waals surface area contributed by atoms with Crippen molar-refractivity contribution < 1.29 is 24.1 Å². The van der Waals surface area contributed by atoms with Crippen LogP contribution in [0.5, 0.6) is 23.0 Å². The van der Waals surface area contributed by atoms with Crippen molar-refractivity contribution in [2.24, 2.45) is 0 Å². The highest BCUT2D eigenvalue weighted by Gasteiger charge is 2.38. The molecule has 0 fully saturated rings. The molecule has 0 bridgehead atoms. The molecule has 0 spiro atoms. The molecule has 0 aliphatic carbocycles. The summed E-state index contributed by atoms with van der Waals surface area (Å²) >= 11 is 0. The number of hydrogen-bond donors (Lipinski definition) is 1. The molecule has 2 atom stereocenters. The van der Waals surface area contributed by atoms with Gasteiger partial charge >= 0.3 is 5.97 Å². The monoisotopic (exact) mass is 398 g/mol. The number of carbonyl (C=O) groups is 1. The zero-order valence-electron chi connectivity index (χ0n) is 15.9. The van der Waals surface area contributed by atoms with Crippen molar-refractivity contribution in [1.82, 2.24) is 0 Å². The maximum Gasteiger partial charge on any atom is 0.349 e. The van der Waals surface area contributed by atoms with E-state index in [1.54, 1.807) is 42.5 Å². The van der Waals surface area contributed by atoms with E-state index in [1.165, 1.54) is 0 Å². The topological polar surface area (TPSA) is 65.0 Å². The van der Waals surface area contributed by atoms with Crippen LogP contribution in [0.3, 0.4) is 0 Å². The largest absolute Gasteiger partial charge is 0.478 e. The number of carboxylic acids is 1. The first-order valence-corrected chi connectivity index (χ1v) is 9.59. The zero-order valence-corrected chi connectivity index (χ0v) is 15.9. The summed E-state index contributed by atoms with van der Waals surface area (Å²) in [5.41, 5.74) is 0.697. The second kappa shape index (κ2) is 7.44. The molecule has 1 N–H and O–H groups in total. The summed E-state index contributed by atoms with van der Waals surface area (Å²) in [6, 6.07) is 28.3. The molecule has 1 aliphatic rings. The molecule has 5 nitrogen and oxygen atoms in total. The van der Waals surface area contributed by atoms with Gasteiger partial charge in [-0.25, -0.2) is 4.79 Å². The van der Waals surface area contributed by atoms with Crippen molar-refractivity contribution >= 4 is 16.7 Å². The molecule has 30 heavy (non-hydrogen) atoms. The Kier molecular flexibility index (Phi) is 4.48. The van der Waals surface area contributed by atoms with Gasteiger partial charge in [-0.05, 0) is 52.7 Å². The molecule has 5 heteroatoms. The van der Waals surface area contributed by atoms with Gasteiger partial charge in [-0.2, -0.15) is 0 Å². The molecule has 4 aromatic rings. The first-order valence-electron chi connectivity index (χ1n) is 9.59. The van der Waals surface area contributed by atoms with Crippen molar-refractivity contribution in [3.05, 3.63) is 96.6 Å². The van der Waals surface area contributed by atoms with Crippen LogP contribution in [0.2, 0.25) is 0 Å². The molecule has 2 unspecified atom stereocenters. The number of ether oxygens (including phenoxy) is 3. The van der Waals surface area contributed by atoms with E-state index in [-0.39, 0.29) is 0 Å². The molecule has 0 saturated carbocycles. The third-order valence-corrected chi connectivity index (χ3v) is 5.04. The van der Waals surface area contributed by atoms with Crippen molar-refractivity contribution in [3.8, 4) is 23.0 Å². The fourth-order valence-electron chi connectivity index (χ4n) is 3.56. The summed E-state index contributed by atoms with van der Waals surface area (Å²) in [5.74, 6) is 1.26. The lowest BCUT2D eigenvalue weighted by Crippen LogP contribution is -2.39. The Balaban J connectivity index is 1.39.